The fourth-order valence-corrected chi connectivity index (χ4v) is 3.55. The minimum Gasteiger partial charge on any atom is -0.393 e. The number of anilines is 4. The molecule has 1 aliphatic heterocycles. The van der Waals surface area contributed by atoms with Gasteiger partial charge in [-0.1, -0.05) is 30.3 Å². The van der Waals surface area contributed by atoms with E-state index < -0.39 is 0 Å². The van der Waals surface area contributed by atoms with Gasteiger partial charge in [-0.3, -0.25) is 15.6 Å². The summed E-state index contributed by atoms with van der Waals surface area (Å²) in [5, 5.41) is 0. The minimum atomic E-state index is -0.298. The zero-order valence-electron chi connectivity index (χ0n) is 14.3. The zero-order chi connectivity index (χ0) is 18.8. The van der Waals surface area contributed by atoms with E-state index in [4.69, 9.17) is 5.73 Å². The van der Waals surface area contributed by atoms with Crippen LogP contribution in [0.5, 0.6) is 0 Å². The molecule has 0 bridgehead atoms. The van der Waals surface area contributed by atoms with E-state index >= 15 is 0 Å². The summed E-state index contributed by atoms with van der Waals surface area (Å²) in [4.78, 5) is 22.9. The summed E-state index contributed by atoms with van der Waals surface area (Å²) in [6.07, 6.45) is 2.36. The number of halogens is 1. The van der Waals surface area contributed by atoms with Gasteiger partial charge in [0.15, 0.2) is 11.6 Å². The molecule has 3 aromatic rings. The number of nitrogens with two attached hydrogens (primary N) is 1. The van der Waals surface area contributed by atoms with Gasteiger partial charge in [0.05, 0.1) is 5.56 Å². The molecule has 0 radical (unpaired) electrons. The molecule has 0 fully saturated rings. The number of hydrogen-bond acceptors (Lipinski definition) is 6. The van der Waals surface area contributed by atoms with E-state index in [-0.39, 0.29) is 5.91 Å². The molecule has 2 heterocycles. The van der Waals surface area contributed by atoms with E-state index in [9.17, 15) is 4.79 Å². The van der Waals surface area contributed by atoms with E-state index in [0.717, 1.165) is 18.7 Å². The van der Waals surface area contributed by atoms with Gasteiger partial charge in [-0.05, 0) is 46.1 Å². The lowest BCUT2D eigenvalue weighted by molar-refractivity contribution is 0.0962. The van der Waals surface area contributed by atoms with Crippen molar-refractivity contribution in [2.24, 2.45) is 0 Å². The average molecular weight is 425 g/mol. The predicted octanol–water partition coefficient (Wildman–Crippen LogP) is 3.27. The molecule has 0 saturated heterocycles. The number of nitrogens with one attached hydrogen (secondary N) is 2. The van der Waals surface area contributed by atoms with E-state index in [1.165, 1.54) is 11.9 Å². The maximum absolute atomic E-state index is 12.4. The summed E-state index contributed by atoms with van der Waals surface area (Å²) in [5.74, 6) is 0.672. The fourth-order valence-electron chi connectivity index (χ4n) is 3.09. The molecular weight excluding hydrogens is 408 g/mol. The van der Waals surface area contributed by atoms with Crippen LogP contribution in [0.2, 0.25) is 0 Å². The Morgan fingerprint density at radius 2 is 1.89 bits per heavy atom. The molecule has 8 heteroatoms. The Bertz CT molecular complexity index is 1010. The molecule has 0 spiro atoms. The number of fused-ring (bicyclic) bond motifs is 1. The summed E-state index contributed by atoms with van der Waals surface area (Å²) in [6.45, 7) is 0.795. The van der Waals surface area contributed by atoms with Gasteiger partial charge in [0, 0.05) is 16.7 Å². The molecule has 1 amide bonds. The minimum absolute atomic E-state index is 0.298. The van der Waals surface area contributed by atoms with E-state index in [0.29, 0.717) is 27.4 Å². The molecule has 27 heavy (non-hydrogen) atoms. The van der Waals surface area contributed by atoms with Crippen LogP contribution in [0.15, 0.2) is 59.3 Å². The molecular formula is C19H17BrN6O. The molecule has 0 atom stereocenters. The Morgan fingerprint density at radius 3 is 2.74 bits per heavy atom. The molecule has 7 nitrogen and oxygen atoms in total. The van der Waals surface area contributed by atoms with Gasteiger partial charge < -0.3 is 10.6 Å². The fraction of sp³-hybridized carbons (Fsp3) is 0.105. The van der Waals surface area contributed by atoms with Gasteiger partial charge in [0.1, 0.15) is 12.0 Å². The molecule has 1 aliphatic rings. The highest BCUT2D eigenvalue weighted by Gasteiger charge is 2.24. The van der Waals surface area contributed by atoms with Crippen molar-refractivity contribution in [1.29, 1.82) is 0 Å². The Hall–Kier alpha value is -3.13. The average Bonchev–Trinajstić information content (AvgIpc) is 3.11. The van der Waals surface area contributed by atoms with Gasteiger partial charge in [0.25, 0.3) is 5.91 Å². The van der Waals surface area contributed by atoms with Crippen LogP contribution in [0.1, 0.15) is 15.9 Å². The highest BCUT2D eigenvalue weighted by Crippen LogP contribution is 2.37. The van der Waals surface area contributed by atoms with E-state index in [1.54, 1.807) is 18.2 Å². The van der Waals surface area contributed by atoms with Crippen LogP contribution in [0.3, 0.4) is 0 Å². The van der Waals surface area contributed by atoms with Crippen molar-refractivity contribution in [3.05, 3.63) is 70.5 Å². The number of hydrogen-bond donors (Lipinski definition) is 3. The first-order chi connectivity index (χ1) is 13.1. The predicted molar refractivity (Wildman–Crippen MR) is 109 cm³/mol. The SMILES string of the molecule is Nc1c(NNC(=O)c2ccccc2Br)ncnc1N1CCc2ccccc21. The lowest BCUT2D eigenvalue weighted by Gasteiger charge is -2.21. The van der Waals surface area contributed by atoms with Crippen LogP contribution in [0.25, 0.3) is 0 Å². The highest BCUT2D eigenvalue weighted by molar-refractivity contribution is 9.10. The Kier molecular flexibility index (Phi) is 4.64. The Labute approximate surface area is 164 Å². The maximum atomic E-state index is 12.4. The number of carbonyl (C=O) groups excluding carboxylic acids is 1. The monoisotopic (exact) mass is 424 g/mol. The molecule has 1 aromatic heterocycles. The second-order valence-corrected chi connectivity index (χ2v) is 6.90. The summed E-state index contributed by atoms with van der Waals surface area (Å²) < 4.78 is 0.703. The topological polar surface area (TPSA) is 96.2 Å². The second kappa shape index (κ2) is 7.24. The molecule has 0 saturated carbocycles. The largest absolute Gasteiger partial charge is 0.393 e. The van der Waals surface area contributed by atoms with Gasteiger partial charge in [-0.25, -0.2) is 9.97 Å². The normalized spacial score (nSPS) is 12.6. The third kappa shape index (κ3) is 3.31. The molecule has 2 aromatic carbocycles. The van der Waals surface area contributed by atoms with Crippen LogP contribution in [-0.4, -0.2) is 22.4 Å². The van der Waals surface area contributed by atoms with Crippen molar-refractivity contribution < 1.29 is 4.79 Å². The molecule has 4 rings (SSSR count). The number of nitrogen functional groups attached to an aromatic ring is 1. The Morgan fingerprint density at radius 1 is 1.11 bits per heavy atom. The Balaban J connectivity index is 1.55. The number of nitrogens with zero attached hydrogens (tertiary/aromatic N) is 3. The third-order valence-corrected chi connectivity index (χ3v) is 5.11. The molecule has 4 N–H and O–H groups in total. The van der Waals surface area contributed by atoms with E-state index in [2.05, 4.69) is 47.7 Å². The first-order valence-electron chi connectivity index (χ1n) is 8.42. The molecule has 0 unspecified atom stereocenters. The summed E-state index contributed by atoms with van der Waals surface area (Å²) in [5.41, 5.74) is 14.9. The van der Waals surface area contributed by atoms with Crippen molar-refractivity contribution in [3.8, 4) is 0 Å². The first-order valence-corrected chi connectivity index (χ1v) is 9.21. The van der Waals surface area contributed by atoms with Crippen molar-refractivity contribution >= 4 is 44.8 Å². The van der Waals surface area contributed by atoms with E-state index in [1.807, 2.05) is 24.3 Å². The zero-order valence-corrected chi connectivity index (χ0v) is 15.9. The number of carbonyl (C=O) groups is 1. The lowest BCUT2D eigenvalue weighted by Crippen LogP contribution is -2.31. The van der Waals surface area contributed by atoms with Gasteiger partial charge >= 0.3 is 0 Å². The van der Waals surface area contributed by atoms with Crippen molar-refractivity contribution in [3.63, 3.8) is 0 Å². The van der Waals surface area contributed by atoms with Crippen LogP contribution < -0.4 is 21.5 Å². The standard InChI is InChI=1S/C19H17BrN6O/c20-14-7-3-2-6-13(14)19(27)25-24-17-16(21)18(23-11-22-17)26-10-9-12-5-1-4-8-15(12)26/h1-8,11H,9-10,21H2,(H,25,27)(H,22,23,24). The summed E-state index contributed by atoms with van der Waals surface area (Å²) >= 11 is 3.36. The smallest absolute Gasteiger partial charge is 0.270 e. The quantitative estimate of drug-likeness (QED) is 0.556. The van der Waals surface area contributed by atoms with Gasteiger partial charge in [-0.2, -0.15) is 0 Å². The summed E-state index contributed by atoms with van der Waals surface area (Å²) in [7, 11) is 0. The van der Waals surface area contributed by atoms with Gasteiger partial charge in [0.2, 0.25) is 0 Å². The van der Waals surface area contributed by atoms with Crippen molar-refractivity contribution in [1.82, 2.24) is 15.4 Å². The summed E-state index contributed by atoms with van der Waals surface area (Å²) in [6, 6.07) is 15.3. The first kappa shape index (κ1) is 17.3. The van der Waals surface area contributed by atoms with Crippen LogP contribution >= 0.6 is 15.9 Å². The van der Waals surface area contributed by atoms with Crippen LogP contribution in [0, 0.1) is 0 Å². The highest BCUT2D eigenvalue weighted by atomic mass is 79.9. The number of amides is 1. The molecule has 0 aliphatic carbocycles. The lowest BCUT2D eigenvalue weighted by atomic mass is 10.2. The molecule has 136 valence electrons. The van der Waals surface area contributed by atoms with Crippen LogP contribution in [0.4, 0.5) is 23.0 Å². The van der Waals surface area contributed by atoms with Crippen LogP contribution in [-0.2, 0) is 6.42 Å². The van der Waals surface area contributed by atoms with Crippen molar-refractivity contribution in [2.75, 3.05) is 22.6 Å². The maximum Gasteiger partial charge on any atom is 0.270 e. The number of benzene rings is 2. The number of aromatic nitrogens is 2. The second-order valence-electron chi connectivity index (χ2n) is 6.05. The third-order valence-electron chi connectivity index (χ3n) is 4.42. The van der Waals surface area contributed by atoms with Gasteiger partial charge in [-0.15, -0.1) is 0 Å². The number of para-hydroxylation sites is 1. The number of hydrazine groups is 1. The number of rotatable bonds is 4. The van der Waals surface area contributed by atoms with Crippen molar-refractivity contribution in [2.45, 2.75) is 6.42 Å².